The van der Waals surface area contributed by atoms with E-state index in [1.807, 2.05) is 79.7 Å². The molecule has 0 saturated carbocycles. The molecule has 0 aliphatic heterocycles. The summed E-state index contributed by atoms with van der Waals surface area (Å²) < 4.78 is 5.57. The van der Waals surface area contributed by atoms with E-state index >= 15 is 0 Å². The first-order valence-electron chi connectivity index (χ1n) is 9.81. The molecule has 1 heterocycles. The molecule has 0 aliphatic carbocycles. The molecule has 156 valence electrons. The third-order valence-corrected chi connectivity index (χ3v) is 5.81. The summed E-state index contributed by atoms with van der Waals surface area (Å²) in [6.07, 6.45) is 0. The number of nitrogens with one attached hydrogen (secondary N) is 1. The predicted molar refractivity (Wildman–Crippen MR) is 127 cm³/mol. The van der Waals surface area contributed by atoms with Crippen molar-refractivity contribution in [1.82, 2.24) is 10.2 Å². The SMILES string of the molecule is CCOc1ccccc1NC(=O)CSc1nnc(-c2ccc(Cl)cc2)c2ccccc12. The highest BCUT2D eigenvalue weighted by Gasteiger charge is 2.14. The normalized spacial score (nSPS) is 10.8. The number of hydrogen-bond donors (Lipinski definition) is 1. The summed E-state index contributed by atoms with van der Waals surface area (Å²) in [5.74, 6) is 0.727. The molecule has 7 heteroatoms. The Labute approximate surface area is 189 Å². The van der Waals surface area contributed by atoms with E-state index in [1.54, 1.807) is 0 Å². The summed E-state index contributed by atoms with van der Waals surface area (Å²) in [4.78, 5) is 12.6. The van der Waals surface area contributed by atoms with Crippen molar-refractivity contribution in [3.05, 3.63) is 77.8 Å². The fraction of sp³-hybridized carbons (Fsp3) is 0.125. The number of amides is 1. The van der Waals surface area contributed by atoms with Gasteiger partial charge < -0.3 is 10.1 Å². The highest BCUT2D eigenvalue weighted by molar-refractivity contribution is 8.00. The Kier molecular flexibility index (Phi) is 6.70. The molecular weight excluding hydrogens is 430 g/mol. The lowest BCUT2D eigenvalue weighted by Crippen LogP contribution is -2.15. The average molecular weight is 450 g/mol. The summed E-state index contributed by atoms with van der Waals surface area (Å²) in [7, 11) is 0. The minimum Gasteiger partial charge on any atom is -0.492 e. The molecule has 1 aromatic heterocycles. The summed E-state index contributed by atoms with van der Waals surface area (Å²) in [5, 5.41) is 15.1. The zero-order valence-electron chi connectivity index (χ0n) is 16.8. The van der Waals surface area contributed by atoms with Crippen LogP contribution in [-0.4, -0.2) is 28.5 Å². The second kappa shape index (κ2) is 9.81. The van der Waals surface area contributed by atoms with Crippen LogP contribution < -0.4 is 10.1 Å². The quantitative estimate of drug-likeness (QED) is 0.346. The number of carbonyl (C=O) groups is 1. The molecule has 31 heavy (non-hydrogen) atoms. The Hall–Kier alpha value is -3.09. The summed E-state index contributed by atoms with van der Waals surface area (Å²) in [6.45, 7) is 2.44. The number of hydrogen-bond acceptors (Lipinski definition) is 5. The van der Waals surface area contributed by atoms with Gasteiger partial charge in [0.1, 0.15) is 16.5 Å². The Morgan fingerprint density at radius 2 is 1.68 bits per heavy atom. The van der Waals surface area contributed by atoms with Crippen LogP contribution in [0.4, 0.5) is 5.69 Å². The van der Waals surface area contributed by atoms with Crippen LogP contribution in [0.1, 0.15) is 6.92 Å². The van der Waals surface area contributed by atoms with Gasteiger partial charge >= 0.3 is 0 Å². The second-order valence-corrected chi connectivity index (χ2v) is 8.07. The van der Waals surface area contributed by atoms with E-state index in [9.17, 15) is 4.79 Å². The zero-order valence-corrected chi connectivity index (χ0v) is 18.4. The van der Waals surface area contributed by atoms with Gasteiger partial charge in [-0.05, 0) is 31.2 Å². The Morgan fingerprint density at radius 1 is 0.968 bits per heavy atom. The van der Waals surface area contributed by atoms with E-state index in [2.05, 4.69) is 15.5 Å². The van der Waals surface area contributed by atoms with Crippen molar-refractivity contribution < 1.29 is 9.53 Å². The Morgan fingerprint density at radius 3 is 2.45 bits per heavy atom. The zero-order chi connectivity index (χ0) is 21.6. The van der Waals surface area contributed by atoms with Gasteiger partial charge in [-0.2, -0.15) is 0 Å². The van der Waals surface area contributed by atoms with Crippen LogP contribution in [0.2, 0.25) is 5.02 Å². The number of benzene rings is 3. The van der Waals surface area contributed by atoms with Crippen LogP contribution in [-0.2, 0) is 4.79 Å². The Bertz CT molecular complexity index is 1220. The first kappa shape index (κ1) is 21.2. The first-order chi connectivity index (χ1) is 15.2. The lowest BCUT2D eigenvalue weighted by Gasteiger charge is -2.12. The van der Waals surface area contributed by atoms with Crippen LogP contribution in [0.5, 0.6) is 5.75 Å². The molecule has 1 N–H and O–H groups in total. The molecule has 0 bridgehead atoms. The number of ether oxygens (including phenoxy) is 1. The van der Waals surface area contributed by atoms with Gasteiger partial charge in [-0.1, -0.05) is 71.9 Å². The molecule has 0 fully saturated rings. The van der Waals surface area contributed by atoms with Crippen molar-refractivity contribution in [3.8, 4) is 17.0 Å². The van der Waals surface area contributed by atoms with Crippen LogP contribution in [0.15, 0.2) is 77.8 Å². The van der Waals surface area contributed by atoms with Crippen molar-refractivity contribution in [2.45, 2.75) is 11.9 Å². The lowest BCUT2D eigenvalue weighted by molar-refractivity contribution is -0.113. The first-order valence-corrected chi connectivity index (χ1v) is 11.2. The fourth-order valence-electron chi connectivity index (χ4n) is 3.18. The number of nitrogens with zero attached hydrogens (tertiary/aromatic N) is 2. The maximum absolute atomic E-state index is 12.6. The largest absolute Gasteiger partial charge is 0.492 e. The molecule has 3 aromatic carbocycles. The number of fused-ring (bicyclic) bond motifs is 1. The molecule has 0 spiro atoms. The minimum absolute atomic E-state index is 0.134. The average Bonchev–Trinajstić information content (AvgIpc) is 2.79. The van der Waals surface area contributed by atoms with E-state index in [-0.39, 0.29) is 11.7 Å². The van der Waals surface area contributed by atoms with Crippen molar-refractivity contribution >= 4 is 45.7 Å². The number of rotatable bonds is 7. The lowest BCUT2D eigenvalue weighted by atomic mass is 10.1. The third-order valence-electron chi connectivity index (χ3n) is 4.57. The Balaban J connectivity index is 1.54. The number of thioether (sulfide) groups is 1. The number of halogens is 1. The third kappa shape index (κ3) is 4.98. The number of para-hydroxylation sites is 2. The molecule has 0 saturated heterocycles. The highest BCUT2D eigenvalue weighted by atomic mass is 35.5. The molecule has 4 rings (SSSR count). The van der Waals surface area contributed by atoms with E-state index < -0.39 is 0 Å². The van der Waals surface area contributed by atoms with Gasteiger partial charge in [0.2, 0.25) is 5.91 Å². The topological polar surface area (TPSA) is 64.1 Å². The smallest absolute Gasteiger partial charge is 0.234 e. The standard InChI is InChI=1S/C24H20ClN3O2S/c1-2-30-21-10-6-5-9-20(21)26-22(29)15-31-24-19-8-4-3-7-18(19)23(27-28-24)16-11-13-17(25)14-12-16/h3-14H,2,15H2,1H3,(H,26,29). The van der Waals surface area contributed by atoms with Crippen molar-refractivity contribution in [2.24, 2.45) is 0 Å². The number of aromatic nitrogens is 2. The van der Waals surface area contributed by atoms with E-state index in [4.69, 9.17) is 16.3 Å². The van der Waals surface area contributed by atoms with Gasteiger partial charge in [0.05, 0.1) is 18.0 Å². The van der Waals surface area contributed by atoms with E-state index in [0.29, 0.717) is 28.1 Å². The van der Waals surface area contributed by atoms with Gasteiger partial charge in [-0.15, -0.1) is 10.2 Å². The van der Waals surface area contributed by atoms with Crippen LogP contribution in [0, 0.1) is 0 Å². The van der Waals surface area contributed by atoms with E-state index in [0.717, 1.165) is 22.0 Å². The van der Waals surface area contributed by atoms with Crippen LogP contribution >= 0.6 is 23.4 Å². The molecule has 1 amide bonds. The fourth-order valence-corrected chi connectivity index (χ4v) is 4.08. The van der Waals surface area contributed by atoms with Gasteiger partial charge in [-0.25, -0.2) is 0 Å². The van der Waals surface area contributed by atoms with Gasteiger partial charge in [0, 0.05) is 21.4 Å². The molecule has 0 atom stereocenters. The molecule has 0 aliphatic rings. The molecule has 5 nitrogen and oxygen atoms in total. The molecule has 0 unspecified atom stereocenters. The van der Waals surface area contributed by atoms with Crippen LogP contribution in [0.3, 0.4) is 0 Å². The molecule has 0 radical (unpaired) electrons. The molecule has 4 aromatic rings. The minimum atomic E-state index is -0.134. The van der Waals surface area contributed by atoms with Crippen molar-refractivity contribution in [2.75, 3.05) is 17.7 Å². The van der Waals surface area contributed by atoms with Gasteiger partial charge in [0.25, 0.3) is 0 Å². The number of anilines is 1. The maximum atomic E-state index is 12.6. The van der Waals surface area contributed by atoms with Crippen molar-refractivity contribution in [3.63, 3.8) is 0 Å². The van der Waals surface area contributed by atoms with Gasteiger partial charge in [-0.3, -0.25) is 4.79 Å². The highest BCUT2D eigenvalue weighted by Crippen LogP contribution is 2.32. The van der Waals surface area contributed by atoms with Crippen LogP contribution in [0.25, 0.3) is 22.0 Å². The van der Waals surface area contributed by atoms with E-state index in [1.165, 1.54) is 11.8 Å². The predicted octanol–water partition coefficient (Wildman–Crippen LogP) is 6.08. The monoisotopic (exact) mass is 449 g/mol. The second-order valence-electron chi connectivity index (χ2n) is 6.67. The van der Waals surface area contributed by atoms with Gasteiger partial charge in [0.15, 0.2) is 0 Å². The van der Waals surface area contributed by atoms with Crippen molar-refractivity contribution in [1.29, 1.82) is 0 Å². The molecular formula is C24H20ClN3O2S. The summed E-state index contributed by atoms with van der Waals surface area (Å²) in [5.41, 5.74) is 2.38. The maximum Gasteiger partial charge on any atom is 0.234 e. The summed E-state index contributed by atoms with van der Waals surface area (Å²) >= 11 is 7.37. The summed E-state index contributed by atoms with van der Waals surface area (Å²) in [6, 6.07) is 22.8. The number of carbonyl (C=O) groups excluding carboxylic acids is 1.